The van der Waals surface area contributed by atoms with Gasteiger partial charge in [0.1, 0.15) is 0 Å². The summed E-state index contributed by atoms with van der Waals surface area (Å²) in [4.78, 5) is 14.3. The summed E-state index contributed by atoms with van der Waals surface area (Å²) in [5, 5.41) is 6.47. The Balaban J connectivity index is 2.06. The molecule has 1 amide bonds. The molecule has 0 bridgehead atoms. The molecule has 20 heavy (non-hydrogen) atoms. The van der Waals surface area contributed by atoms with Gasteiger partial charge in [-0.05, 0) is 24.3 Å². The molecule has 0 saturated carbocycles. The zero-order chi connectivity index (χ0) is 14.8. The number of rotatable bonds is 3. The second kappa shape index (κ2) is 5.49. The smallest absolute Gasteiger partial charge is 0.332 e. The van der Waals surface area contributed by atoms with Crippen molar-refractivity contribution in [2.75, 3.05) is 10.6 Å². The molecule has 0 radical (unpaired) electrons. The minimum atomic E-state index is -4.44. The van der Waals surface area contributed by atoms with Gasteiger partial charge in [-0.2, -0.15) is 13.2 Å². The molecule has 0 unspecified atom stereocenters. The summed E-state index contributed by atoms with van der Waals surface area (Å²) in [6, 6.07) is 6.56. The summed E-state index contributed by atoms with van der Waals surface area (Å²) < 4.78 is 37.2. The number of amides is 1. The fraction of sp³-hybridized carbons (Fsp3) is 0.167. The molecule has 2 rings (SSSR count). The lowest BCUT2D eigenvalue weighted by Crippen LogP contribution is -2.06. The monoisotopic (exact) mass is 301 g/mol. The van der Waals surface area contributed by atoms with Crippen molar-refractivity contribution < 1.29 is 18.0 Å². The number of anilines is 3. The number of hydrogen-bond acceptors (Lipinski definition) is 4. The van der Waals surface area contributed by atoms with Gasteiger partial charge in [-0.25, -0.2) is 4.98 Å². The van der Waals surface area contributed by atoms with E-state index in [1.807, 2.05) is 0 Å². The quantitative estimate of drug-likeness (QED) is 0.905. The highest BCUT2D eigenvalue weighted by molar-refractivity contribution is 7.13. The summed E-state index contributed by atoms with van der Waals surface area (Å²) in [7, 11) is 0. The van der Waals surface area contributed by atoms with Crippen molar-refractivity contribution in [2.45, 2.75) is 13.1 Å². The van der Waals surface area contributed by atoms with Crippen LogP contribution in [0.2, 0.25) is 0 Å². The van der Waals surface area contributed by atoms with Crippen LogP contribution in [0.25, 0.3) is 0 Å². The summed E-state index contributed by atoms with van der Waals surface area (Å²) >= 11 is 0.874. The Morgan fingerprint density at radius 2 is 1.80 bits per heavy atom. The number of nitrogens with zero attached hydrogens (tertiary/aromatic N) is 1. The van der Waals surface area contributed by atoms with Gasteiger partial charge < -0.3 is 10.6 Å². The van der Waals surface area contributed by atoms with E-state index in [4.69, 9.17) is 0 Å². The SMILES string of the molecule is CC(=O)Nc1ccc(Nc2nc(C(F)(F)F)cs2)cc1. The Kier molecular flexibility index (Phi) is 3.93. The van der Waals surface area contributed by atoms with Crippen LogP contribution in [0.5, 0.6) is 0 Å². The third-order valence-electron chi connectivity index (χ3n) is 2.25. The van der Waals surface area contributed by atoms with E-state index in [1.54, 1.807) is 24.3 Å². The molecule has 0 fully saturated rings. The summed E-state index contributed by atoms with van der Waals surface area (Å²) in [5.41, 5.74) is 0.278. The van der Waals surface area contributed by atoms with Crippen molar-refractivity contribution in [2.24, 2.45) is 0 Å². The molecule has 0 aliphatic rings. The molecule has 0 aliphatic heterocycles. The number of alkyl halides is 3. The molecule has 8 heteroatoms. The highest BCUT2D eigenvalue weighted by Crippen LogP contribution is 2.32. The highest BCUT2D eigenvalue weighted by atomic mass is 32.1. The van der Waals surface area contributed by atoms with Crippen LogP contribution in [0.1, 0.15) is 12.6 Å². The molecule has 0 aliphatic carbocycles. The number of carbonyl (C=O) groups is 1. The number of thiazole rings is 1. The van der Waals surface area contributed by atoms with Crippen LogP contribution in [0, 0.1) is 0 Å². The molecule has 0 atom stereocenters. The van der Waals surface area contributed by atoms with Gasteiger partial charge in [-0.1, -0.05) is 0 Å². The topological polar surface area (TPSA) is 54.0 Å². The molecule has 2 N–H and O–H groups in total. The van der Waals surface area contributed by atoms with E-state index in [1.165, 1.54) is 6.92 Å². The van der Waals surface area contributed by atoms with Gasteiger partial charge in [0.05, 0.1) is 0 Å². The van der Waals surface area contributed by atoms with Crippen molar-refractivity contribution in [3.63, 3.8) is 0 Å². The molecule has 106 valence electrons. The molecule has 1 aromatic heterocycles. The normalized spacial score (nSPS) is 11.2. The van der Waals surface area contributed by atoms with Gasteiger partial charge in [0.15, 0.2) is 10.8 Å². The van der Waals surface area contributed by atoms with Gasteiger partial charge in [0.2, 0.25) is 5.91 Å². The number of hydrogen-bond donors (Lipinski definition) is 2. The van der Waals surface area contributed by atoms with Gasteiger partial charge in [-0.3, -0.25) is 4.79 Å². The average Bonchev–Trinajstić information content (AvgIpc) is 2.79. The Morgan fingerprint density at radius 3 is 2.30 bits per heavy atom. The summed E-state index contributed by atoms with van der Waals surface area (Å²) in [6.07, 6.45) is -4.44. The number of halogens is 3. The van der Waals surface area contributed by atoms with Crippen molar-refractivity contribution in [1.29, 1.82) is 0 Å². The molecular weight excluding hydrogens is 291 g/mol. The number of benzene rings is 1. The highest BCUT2D eigenvalue weighted by Gasteiger charge is 2.33. The fourth-order valence-corrected chi connectivity index (χ4v) is 2.16. The van der Waals surface area contributed by atoms with Crippen LogP contribution >= 0.6 is 11.3 Å². The first kappa shape index (κ1) is 14.3. The lowest BCUT2D eigenvalue weighted by molar-refractivity contribution is -0.140. The maximum absolute atomic E-state index is 12.4. The average molecular weight is 301 g/mol. The van der Waals surface area contributed by atoms with Crippen molar-refractivity contribution >= 4 is 33.8 Å². The Bertz CT molecular complexity index is 607. The summed E-state index contributed by atoms with van der Waals surface area (Å²) in [6.45, 7) is 1.39. The molecule has 4 nitrogen and oxygen atoms in total. The second-order valence-corrected chi connectivity index (χ2v) is 4.78. The van der Waals surface area contributed by atoms with E-state index in [-0.39, 0.29) is 11.0 Å². The second-order valence-electron chi connectivity index (χ2n) is 3.92. The molecule has 1 aromatic carbocycles. The zero-order valence-electron chi connectivity index (χ0n) is 10.3. The molecule has 2 aromatic rings. The van der Waals surface area contributed by atoms with Gasteiger partial charge in [0, 0.05) is 23.7 Å². The maximum atomic E-state index is 12.4. The number of aromatic nitrogens is 1. The number of nitrogens with one attached hydrogen (secondary N) is 2. The third-order valence-corrected chi connectivity index (χ3v) is 3.01. The van der Waals surface area contributed by atoms with Gasteiger partial charge in [0.25, 0.3) is 0 Å². The first-order chi connectivity index (χ1) is 9.34. The minimum Gasteiger partial charge on any atom is -0.332 e. The Hall–Kier alpha value is -2.09. The van der Waals surface area contributed by atoms with E-state index < -0.39 is 11.9 Å². The van der Waals surface area contributed by atoms with Crippen LogP contribution in [-0.2, 0) is 11.0 Å². The van der Waals surface area contributed by atoms with Crippen LogP contribution in [0.4, 0.5) is 29.7 Å². The van der Waals surface area contributed by atoms with E-state index in [2.05, 4.69) is 15.6 Å². The Morgan fingerprint density at radius 1 is 1.20 bits per heavy atom. The van der Waals surface area contributed by atoms with E-state index in [0.29, 0.717) is 11.4 Å². The molecule has 0 saturated heterocycles. The van der Waals surface area contributed by atoms with Crippen molar-refractivity contribution in [3.05, 3.63) is 35.3 Å². The molecular formula is C12H10F3N3OS. The predicted molar refractivity (Wildman–Crippen MR) is 71.1 cm³/mol. The first-order valence-corrected chi connectivity index (χ1v) is 6.40. The van der Waals surface area contributed by atoms with E-state index in [9.17, 15) is 18.0 Å². The standard InChI is InChI=1S/C12H10F3N3OS/c1-7(19)16-8-2-4-9(5-3-8)17-11-18-10(6-20-11)12(13,14)15/h2-6H,1H3,(H,16,19)(H,17,18). The van der Waals surface area contributed by atoms with Crippen LogP contribution in [0.15, 0.2) is 29.6 Å². The minimum absolute atomic E-state index is 0.157. The zero-order valence-corrected chi connectivity index (χ0v) is 11.1. The summed E-state index contributed by atoms with van der Waals surface area (Å²) in [5.74, 6) is -0.194. The van der Waals surface area contributed by atoms with Crippen LogP contribution in [0.3, 0.4) is 0 Å². The lowest BCUT2D eigenvalue weighted by Gasteiger charge is -2.05. The van der Waals surface area contributed by atoms with Crippen molar-refractivity contribution in [3.8, 4) is 0 Å². The lowest BCUT2D eigenvalue weighted by atomic mass is 10.3. The maximum Gasteiger partial charge on any atom is 0.434 e. The fourth-order valence-electron chi connectivity index (χ4n) is 1.42. The predicted octanol–water partition coefficient (Wildman–Crippen LogP) is 3.86. The first-order valence-electron chi connectivity index (χ1n) is 5.52. The number of carbonyl (C=O) groups excluding carboxylic acids is 1. The molecule has 0 spiro atoms. The molecule has 1 heterocycles. The largest absolute Gasteiger partial charge is 0.434 e. The third kappa shape index (κ3) is 3.70. The van der Waals surface area contributed by atoms with Crippen LogP contribution < -0.4 is 10.6 Å². The van der Waals surface area contributed by atoms with Gasteiger partial charge >= 0.3 is 6.18 Å². The van der Waals surface area contributed by atoms with E-state index in [0.717, 1.165) is 16.7 Å². The van der Waals surface area contributed by atoms with Crippen LogP contribution in [-0.4, -0.2) is 10.9 Å². The van der Waals surface area contributed by atoms with Crippen molar-refractivity contribution in [1.82, 2.24) is 4.98 Å². The van der Waals surface area contributed by atoms with E-state index >= 15 is 0 Å². The van der Waals surface area contributed by atoms with Gasteiger partial charge in [-0.15, -0.1) is 11.3 Å². The Labute approximate surface area is 116 Å².